The lowest BCUT2D eigenvalue weighted by Gasteiger charge is -2.28. The Kier molecular flexibility index (Phi) is 5.41. The largest absolute Gasteiger partial charge is 0.460 e. The smallest absolute Gasteiger partial charge is 0.316 e. The van der Waals surface area contributed by atoms with Crippen LogP contribution in [0, 0.1) is 0 Å². The summed E-state index contributed by atoms with van der Waals surface area (Å²) >= 11 is 0. The summed E-state index contributed by atoms with van der Waals surface area (Å²) in [4.78, 5) is 8.55. The molecule has 0 spiro atoms. The van der Waals surface area contributed by atoms with E-state index in [0.29, 0.717) is 10.9 Å². The molecule has 7 heteroatoms. The monoisotopic (exact) mass is 387 g/mol. The second-order valence-corrected chi connectivity index (χ2v) is 9.10. The number of nitrogens with one attached hydrogen (secondary N) is 1. The van der Waals surface area contributed by atoms with Crippen LogP contribution >= 0.6 is 0 Å². The van der Waals surface area contributed by atoms with Crippen molar-refractivity contribution < 1.29 is 13.2 Å². The van der Waals surface area contributed by atoms with E-state index in [1.165, 1.54) is 17.5 Å². The van der Waals surface area contributed by atoms with Crippen molar-refractivity contribution in [2.75, 3.05) is 0 Å². The van der Waals surface area contributed by atoms with Gasteiger partial charge in [-0.25, -0.2) is 23.1 Å². The molecular weight excluding hydrogens is 362 g/mol. The molecular formula is C20H25N3O3S. The Bertz CT molecular complexity index is 879. The Morgan fingerprint density at radius 3 is 2.41 bits per heavy atom. The highest BCUT2D eigenvalue weighted by Gasteiger charge is 2.27. The van der Waals surface area contributed by atoms with Gasteiger partial charge in [0.2, 0.25) is 10.0 Å². The van der Waals surface area contributed by atoms with Gasteiger partial charge in [0.25, 0.3) is 0 Å². The maximum atomic E-state index is 12.8. The lowest BCUT2D eigenvalue weighted by molar-refractivity contribution is 0.132. The molecule has 4 rings (SSSR count). The number of nitrogens with zero attached hydrogens (tertiary/aromatic N) is 2. The van der Waals surface area contributed by atoms with Crippen molar-refractivity contribution in [3.63, 3.8) is 0 Å². The molecule has 1 N–H and O–H groups in total. The van der Waals surface area contributed by atoms with Gasteiger partial charge in [-0.3, -0.25) is 0 Å². The average Bonchev–Trinajstić information content (AvgIpc) is 2.70. The van der Waals surface area contributed by atoms with Gasteiger partial charge in [-0.2, -0.15) is 0 Å². The molecule has 0 atom stereocenters. The first-order valence-electron chi connectivity index (χ1n) is 9.68. The summed E-state index contributed by atoms with van der Waals surface area (Å²) in [5.74, 6) is 0. The fraction of sp³-hybridized carbons (Fsp3) is 0.500. The number of aromatic nitrogens is 2. The van der Waals surface area contributed by atoms with Crippen LogP contribution in [0.3, 0.4) is 0 Å². The van der Waals surface area contributed by atoms with Crippen LogP contribution in [0.25, 0.3) is 0 Å². The van der Waals surface area contributed by atoms with Crippen molar-refractivity contribution in [2.45, 2.75) is 68.4 Å². The van der Waals surface area contributed by atoms with Crippen LogP contribution in [0.4, 0.5) is 0 Å². The van der Waals surface area contributed by atoms with Gasteiger partial charge in [0.1, 0.15) is 6.10 Å². The van der Waals surface area contributed by atoms with E-state index in [1.54, 1.807) is 24.5 Å². The van der Waals surface area contributed by atoms with Crippen molar-refractivity contribution >= 4 is 10.0 Å². The fourth-order valence-electron chi connectivity index (χ4n) is 3.96. The lowest BCUT2D eigenvalue weighted by atomic mass is 9.92. The molecule has 0 radical (unpaired) electrons. The summed E-state index contributed by atoms with van der Waals surface area (Å²) in [5.41, 5.74) is 2.48. The topological polar surface area (TPSA) is 81.2 Å². The van der Waals surface area contributed by atoms with Crippen molar-refractivity contribution in [1.82, 2.24) is 14.7 Å². The molecule has 2 aliphatic rings. The molecule has 0 bridgehead atoms. The van der Waals surface area contributed by atoms with E-state index in [1.807, 2.05) is 12.1 Å². The van der Waals surface area contributed by atoms with Gasteiger partial charge in [-0.05, 0) is 80.7 Å². The quantitative estimate of drug-likeness (QED) is 0.853. The first-order chi connectivity index (χ1) is 13.1. The van der Waals surface area contributed by atoms with Crippen LogP contribution < -0.4 is 9.46 Å². The molecule has 144 valence electrons. The van der Waals surface area contributed by atoms with Gasteiger partial charge in [0.15, 0.2) is 0 Å². The van der Waals surface area contributed by atoms with E-state index in [4.69, 9.17) is 4.74 Å². The van der Waals surface area contributed by atoms with Crippen molar-refractivity contribution in [2.24, 2.45) is 0 Å². The van der Waals surface area contributed by atoms with Gasteiger partial charge >= 0.3 is 6.01 Å². The Hall–Kier alpha value is -1.99. The first kappa shape index (κ1) is 18.4. The maximum Gasteiger partial charge on any atom is 0.316 e. The highest BCUT2D eigenvalue weighted by atomic mass is 32.2. The van der Waals surface area contributed by atoms with E-state index in [2.05, 4.69) is 14.7 Å². The molecule has 0 saturated heterocycles. The predicted octanol–water partition coefficient (Wildman–Crippen LogP) is 3.02. The molecule has 6 nitrogen and oxygen atoms in total. The molecule has 1 heterocycles. The molecule has 2 aliphatic carbocycles. The number of sulfonamides is 1. The molecule has 27 heavy (non-hydrogen) atoms. The molecule has 1 aromatic carbocycles. The Balaban J connectivity index is 1.35. The number of benzene rings is 1. The minimum atomic E-state index is -3.49. The first-order valence-corrected chi connectivity index (χ1v) is 11.2. The molecule has 0 amide bonds. The Labute approximate surface area is 160 Å². The predicted molar refractivity (Wildman–Crippen MR) is 102 cm³/mol. The van der Waals surface area contributed by atoms with Gasteiger partial charge in [-0.15, -0.1) is 0 Å². The number of aryl methyl sites for hydroxylation is 2. The molecule has 1 aromatic heterocycles. The number of rotatable bonds is 5. The maximum absolute atomic E-state index is 12.8. The van der Waals surface area contributed by atoms with Crippen molar-refractivity contribution in [1.29, 1.82) is 0 Å². The SMILES string of the molecule is O=S(=O)(NC1CCC(Oc2ncccn2)CC1)c1ccc2c(c1)CCCC2. The minimum absolute atomic E-state index is 0.0388. The fourth-order valence-corrected chi connectivity index (χ4v) is 5.31. The average molecular weight is 388 g/mol. The van der Waals surface area contributed by atoms with E-state index in [0.717, 1.165) is 44.9 Å². The standard InChI is InChI=1S/C20H25N3O3S/c24-27(25,19-11-6-15-4-1-2-5-16(15)14-19)23-17-7-9-18(10-8-17)26-20-21-12-3-13-22-20/h3,6,11-14,17-18,23H,1-2,4-5,7-10H2. The van der Waals surface area contributed by atoms with Crippen LogP contribution in [0.15, 0.2) is 41.6 Å². The summed E-state index contributed by atoms with van der Waals surface area (Å²) < 4.78 is 34.3. The minimum Gasteiger partial charge on any atom is -0.460 e. The third-order valence-corrected chi connectivity index (χ3v) is 6.96. The zero-order chi connectivity index (χ0) is 18.7. The van der Waals surface area contributed by atoms with Gasteiger partial charge in [-0.1, -0.05) is 6.07 Å². The molecule has 1 saturated carbocycles. The third kappa shape index (κ3) is 4.47. The second-order valence-electron chi connectivity index (χ2n) is 7.38. The summed E-state index contributed by atoms with van der Waals surface area (Å²) in [7, 11) is -3.49. The van der Waals surface area contributed by atoms with E-state index in [-0.39, 0.29) is 12.1 Å². The molecule has 2 aromatic rings. The van der Waals surface area contributed by atoms with Crippen LogP contribution in [0.5, 0.6) is 6.01 Å². The summed E-state index contributed by atoms with van der Waals surface area (Å²) in [6, 6.07) is 7.66. The number of hydrogen-bond acceptors (Lipinski definition) is 5. The van der Waals surface area contributed by atoms with Crippen molar-refractivity contribution in [3.05, 3.63) is 47.8 Å². The van der Waals surface area contributed by atoms with Crippen molar-refractivity contribution in [3.8, 4) is 6.01 Å². The molecule has 0 unspecified atom stereocenters. The van der Waals surface area contributed by atoms with Gasteiger partial charge in [0, 0.05) is 18.4 Å². The number of hydrogen-bond donors (Lipinski definition) is 1. The highest BCUT2D eigenvalue weighted by Crippen LogP contribution is 2.26. The molecule has 1 fully saturated rings. The summed E-state index contributed by atoms with van der Waals surface area (Å²) in [6.45, 7) is 0. The van der Waals surface area contributed by atoms with E-state index < -0.39 is 10.0 Å². The molecule has 0 aliphatic heterocycles. The normalized spacial score (nSPS) is 22.8. The van der Waals surface area contributed by atoms with Crippen LogP contribution in [0.2, 0.25) is 0 Å². The third-order valence-electron chi connectivity index (χ3n) is 5.44. The van der Waals surface area contributed by atoms with Gasteiger partial charge < -0.3 is 4.74 Å². The van der Waals surface area contributed by atoms with E-state index >= 15 is 0 Å². The van der Waals surface area contributed by atoms with Crippen LogP contribution in [-0.4, -0.2) is 30.5 Å². The zero-order valence-corrected chi connectivity index (χ0v) is 16.1. The van der Waals surface area contributed by atoms with Crippen LogP contribution in [0.1, 0.15) is 49.7 Å². The Morgan fingerprint density at radius 2 is 1.67 bits per heavy atom. The summed E-state index contributed by atoms with van der Waals surface area (Å²) in [5, 5.41) is 0. The Morgan fingerprint density at radius 1 is 0.963 bits per heavy atom. The second kappa shape index (κ2) is 7.94. The number of ether oxygens (including phenoxy) is 1. The zero-order valence-electron chi connectivity index (χ0n) is 15.3. The van der Waals surface area contributed by atoms with Crippen LogP contribution in [-0.2, 0) is 22.9 Å². The van der Waals surface area contributed by atoms with E-state index in [9.17, 15) is 8.42 Å². The lowest BCUT2D eigenvalue weighted by Crippen LogP contribution is -2.39. The van der Waals surface area contributed by atoms with Gasteiger partial charge in [0.05, 0.1) is 4.90 Å². The number of fused-ring (bicyclic) bond motifs is 1. The summed E-state index contributed by atoms with van der Waals surface area (Å²) in [6.07, 6.45) is 10.8. The highest BCUT2D eigenvalue weighted by molar-refractivity contribution is 7.89.